The molecule has 0 saturated carbocycles. The Kier molecular flexibility index (Phi) is 9.86. The van der Waals surface area contributed by atoms with Crippen LogP contribution >= 0.6 is 0 Å². The van der Waals surface area contributed by atoms with Gasteiger partial charge in [-0.15, -0.1) is 0 Å². The molecule has 0 atom stereocenters. The molecule has 1 N–H and O–H groups in total. The number of para-hydroxylation sites is 1. The van der Waals surface area contributed by atoms with Crippen LogP contribution in [0.2, 0.25) is 0 Å². The number of rotatable bonds is 12. The minimum Gasteiger partial charge on any atom is -0.478 e. The van der Waals surface area contributed by atoms with Gasteiger partial charge in [-0.05, 0) is 67.1 Å². The van der Waals surface area contributed by atoms with Crippen LogP contribution in [-0.2, 0) is 17.8 Å². The minimum atomic E-state index is -1.09. The molecule has 2 heterocycles. The predicted molar refractivity (Wildman–Crippen MR) is 179 cm³/mol. The molecule has 0 unspecified atom stereocenters. The van der Waals surface area contributed by atoms with Crippen LogP contribution in [0.5, 0.6) is 0 Å². The summed E-state index contributed by atoms with van der Waals surface area (Å²) in [4.78, 5) is 41.3. The van der Waals surface area contributed by atoms with E-state index < -0.39 is 17.2 Å². The molecule has 0 bridgehead atoms. The Morgan fingerprint density at radius 3 is 2.00 bits per heavy atom. The van der Waals surface area contributed by atoms with Gasteiger partial charge in [0.2, 0.25) is 0 Å². The van der Waals surface area contributed by atoms with Crippen LogP contribution < -0.4 is 11.2 Å². The third-order valence-electron chi connectivity index (χ3n) is 8.88. The zero-order valence-corrected chi connectivity index (χ0v) is 25.8. The zero-order chi connectivity index (χ0) is 31.9. The van der Waals surface area contributed by atoms with Crippen LogP contribution in [0.3, 0.4) is 0 Å². The van der Waals surface area contributed by atoms with E-state index >= 15 is 0 Å². The molecular weight excluding hydrogens is 578 g/mol. The Bertz CT molecular complexity index is 1850. The molecule has 236 valence electrons. The van der Waals surface area contributed by atoms with Crippen molar-refractivity contribution in [3.63, 3.8) is 0 Å². The summed E-state index contributed by atoms with van der Waals surface area (Å²) in [5, 5.41) is 10.1. The average Bonchev–Trinajstić information content (AvgIpc) is 3.10. The molecule has 1 aromatic heterocycles. The van der Waals surface area contributed by atoms with E-state index in [2.05, 4.69) is 53.4 Å². The quantitative estimate of drug-likeness (QED) is 0.174. The molecule has 1 fully saturated rings. The summed E-state index contributed by atoms with van der Waals surface area (Å²) in [6.07, 6.45) is 3.69. The molecular formula is C38H39N3O5. The smallest absolute Gasteiger partial charge is 0.336 e. The molecule has 4 aromatic carbocycles. The maximum absolute atomic E-state index is 13.7. The molecule has 0 spiro atoms. The zero-order valence-electron chi connectivity index (χ0n) is 25.8. The highest BCUT2D eigenvalue weighted by atomic mass is 16.5. The number of fused-ring (bicyclic) bond motifs is 1. The number of piperidine rings is 1. The number of nitrogens with zero attached hydrogens (tertiary/aromatic N) is 3. The van der Waals surface area contributed by atoms with Crippen molar-refractivity contribution in [3.05, 3.63) is 152 Å². The van der Waals surface area contributed by atoms with Crippen molar-refractivity contribution in [2.24, 2.45) is 0 Å². The Hall–Kier alpha value is -4.79. The molecule has 8 heteroatoms. The second-order valence-electron chi connectivity index (χ2n) is 11.9. The van der Waals surface area contributed by atoms with E-state index in [1.165, 1.54) is 6.07 Å². The van der Waals surface area contributed by atoms with Gasteiger partial charge in [-0.1, -0.05) is 91.0 Å². The van der Waals surface area contributed by atoms with Gasteiger partial charge in [0.1, 0.15) is 6.10 Å². The van der Waals surface area contributed by atoms with Gasteiger partial charge in [0.25, 0.3) is 5.56 Å². The first kappa shape index (κ1) is 31.2. The summed E-state index contributed by atoms with van der Waals surface area (Å²) >= 11 is 0. The molecule has 8 nitrogen and oxygen atoms in total. The van der Waals surface area contributed by atoms with E-state index in [4.69, 9.17) is 4.74 Å². The number of unbranched alkanes of at least 4 members (excludes halogenated alkanes) is 1. The molecule has 0 radical (unpaired) electrons. The number of carboxylic acid groups (broad SMARTS) is 1. The number of aromatic nitrogens is 2. The lowest BCUT2D eigenvalue weighted by Gasteiger charge is -2.34. The van der Waals surface area contributed by atoms with Crippen molar-refractivity contribution < 1.29 is 14.6 Å². The van der Waals surface area contributed by atoms with E-state index in [0.29, 0.717) is 23.0 Å². The summed E-state index contributed by atoms with van der Waals surface area (Å²) in [6.45, 7) is 3.20. The normalized spacial score (nSPS) is 14.2. The van der Waals surface area contributed by atoms with Gasteiger partial charge in [0.05, 0.1) is 29.1 Å². The van der Waals surface area contributed by atoms with Gasteiger partial charge in [0.15, 0.2) is 0 Å². The topological polar surface area (TPSA) is 93.8 Å². The monoisotopic (exact) mass is 617 g/mol. The number of carbonyl (C=O) groups is 1. The van der Waals surface area contributed by atoms with Crippen LogP contribution in [0, 0.1) is 0 Å². The third-order valence-corrected chi connectivity index (χ3v) is 8.88. The minimum absolute atomic E-state index is 0.0818. The molecule has 1 aliphatic heterocycles. The fraction of sp³-hybridized carbons (Fsp3) is 0.289. The third kappa shape index (κ3) is 7.03. The fourth-order valence-electron chi connectivity index (χ4n) is 6.44. The number of aryl methyl sites for hydroxylation is 1. The Labute approximate surface area is 268 Å². The number of aromatic carboxylic acids is 1. The lowest BCUT2D eigenvalue weighted by molar-refractivity contribution is -0.0271. The van der Waals surface area contributed by atoms with Gasteiger partial charge in [-0.2, -0.15) is 0 Å². The summed E-state index contributed by atoms with van der Waals surface area (Å²) in [6, 6.07) is 34.4. The molecule has 1 saturated heterocycles. The highest BCUT2D eigenvalue weighted by Gasteiger charge is 2.25. The average molecular weight is 618 g/mol. The second kappa shape index (κ2) is 14.5. The summed E-state index contributed by atoms with van der Waals surface area (Å²) < 4.78 is 9.53. The van der Waals surface area contributed by atoms with E-state index in [1.807, 2.05) is 18.2 Å². The van der Waals surface area contributed by atoms with Crippen LogP contribution in [0.15, 0.2) is 119 Å². The first-order valence-electron chi connectivity index (χ1n) is 16.0. The molecule has 46 heavy (non-hydrogen) atoms. The van der Waals surface area contributed by atoms with Gasteiger partial charge in [0, 0.05) is 19.6 Å². The van der Waals surface area contributed by atoms with Crippen LogP contribution in [-0.4, -0.2) is 50.8 Å². The van der Waals surface area contributed by atoms with Gasteiger partial charge >= 0.3 is 11.7 Å². The van der Waals surface area contributed by atoms with Crippen LogP contribution in [0.25, 0.3) is 10.9 Å². The van der Waals surface area contributed by atoms with Crippen molar-refractivity contribution in [2.75, 3.05) is 19.6 Å². The van der Waals surface area contributed by atoms with Crippen LogP contribution in [0.4, 0.5) is 0 Å². The number of benzene rings is 4. The summed E-state index contributed by atoms with van der Waals surface area (Å²) in [5.74, 6) is -1.09. The fourth-order valence-corrected chi connectivity index (χ4v) is 6.44. The molecule has 1 aliphatic rings. The van der Waals surface area contributed by atoms with E-state index in [0.717, 1.165) is 61.0 Å². The van der Waals surface area contributed by atoms with E-state index in [1.54, 1.807) is 41.0 Å². The lowest BCUT2D eigenvalue weighted by atomic mass is 10.00. The molecule has 0 aliphatic carbocycles. The number of hydrogen-bond acceptors (Lipinski definition) is 5. The Morgan fingerprint density at radius 1 is 0.739 bits per heavy atom. The standard InChI is InChI=1S/C38H39N3O5/c42-36-33-19-9-10-20-34(33)40(38(45)41(36)27-30-17-7-8-18-32(30)37(43)44)24-12-11-23-39-25-21-31(22-26-39)46-35(28-13-3-1-4-14-28)29-15-5-2-6-16-29/h1-10,13-20,31,35H,11-12,21-27H2,(H,43,44). The van der Waals surface area contributed by atoms with Crippen molar-refractivity contribution in [2.45, 2.75) is 51.0 Å². The highest BCUT2D eigenvalue weighted by molar-refractivity contribution is 5.89. The van der Waals surface area contributed by atoms with Crippen molar-refractivity contribution in [1.82, 2.24) is 14.0 Å². The Morgan fingerprint density at radius 2 is 1.33 bits per heavy atom. The summed E-state index contributed by atoms with van der Waals surface area (Å²) in [5.41, 5.74) is 2.59. The van der Waals surface area contributed by atoms with Gasteiger partial charge < -0.3 is 14.7 Å². The number of carboxylic acids is 1. The highest BCUT2D eigenvalue weighted by Crippen LogP contribution is 2.30. The number of hydrogen-bond donors (Lipinski definition) is 1. The Balaban J connectivity index is 1.08. The van der Waals surface area contributed by atoms with Gasteiger partial charge in [-0.3, -0.25) is 13.9 Å². The molecule has 5 aromatic rings. The van der Waals surface area contributed by atoms with E-state index in [9.17, 15) is 19.5 Å². The predicted octanol–water partition coefficient (Wildman–Crippen LogP) is 5.96. The number of likely N-dealkylation sites (tertiary alicyclic amines) is 1. The largest absolute Gasteiger partial charge is 0.478 e. The SMILES string of the molecule is O=C(O)c1ccccc1Cn1c(=O)c2ccccc2n(CCCCN2CCC(OC(c3ccccc3)c3ccccc3)CC2)c1=O. The number of ether oxygens (including phenoxy) is 1. The summed E-state index contributed by atoms with van der Waals surface area (Å²) in [7, 11) is 0. The first-order chi connectivity index (χ1) is 22.5. The van der Waals surface area contributed by atoms with Crippen LogP contribution in [0.1, 0.15) is 58.8 Å². The second-order valence-corrected chi connectivity index (χ2v) is 11.9. The van der Waals surface area contributed by atoms with Crippen molar-refractivity contribution in [3.8, 4) is 0 Å². The first-order valence-corrected chi connectivity index (χ1v) is 16.0. The maximum atomic E-state index is 13.7. The molecule has 6 rings (SSSR count). The maximum Gasteiger partial charge on any atom is 0.336 e. The van der Waals surface area contributed by atoms with Gasteiger partial charge in [-0.25, -0.2) is 9.59 Å². The van der Waals surface area contributed by atoms with Crippen molar-refractivity contribution in [1.29, 1.82) is 0 Å². The van der Waals surface area contributed by atoms with E-state index in [-0.39, 0.29) is 24.3 Å². The lowest BCUT2D eigenvalue weighted by Crippen LogP contribution is -2.41. The molecule has 0 amide bonds. The van der Waals surface area contributed by atoms with Crippen molar-refractivity contribution >= 4 is 16.9 Å².